The van der Waals surface area contributed by atoms with Crippen molar-refractivity contribution in [2.24, 2.45) is 0 Å². The molecular weight excluding hydrogens is 178 g/mol. The first-order valence-electron chi connectivity index (χ1n) is 4.47. The molecule has 1 atom stereocenters. The third kappa shape index (κ3) is 2.00. The Hall–Kier alpha value is -1.61. The fraction of sp³-hybridized carbons (Fsp3) is 0.182. The number of hydrogen-bond donors (Lipinski definition) is 1. The second kappa shape index (κ2) is 4.07. The molecule has 0 saturated heterocycles. The van der Waals surface area contributed by atoms with Gasteiger partial charge >= 0.3 is 0 Å². The molecule has 0 spiro atoms. The van der Waals surface area contributed by atoms with Crippen molar-refractivity contribution in [1.82, 2.24) is 4.98 Å². The number of rotatable bonds is 3. The Bertz CT molecular complexity index is 369. The predicted octanol–water partition coefficient (Wildman–Crippen LogP) is 1.95. The van der Waals surface area contributed by atoms with Crippen molar-refractivity contribution >= 4 is 0 Å². The van der Waals surface area contributed by atoms with Gasteiger partial charge in [0.25, 0.3) is 0 Å². The minimum atomic E-state index is -0.660. The van der Waals surface area contributed by atoms with E-state index in [1.54, 1.807) is 0 Å². The Kier molecular flexibility index (Phi) is 2.60. The summed E-state index contributed by atoms with van der Waals surface area (Å²) in [5, 5.41) is 9.71. The molecule has 0 radical (unpaired) electrons. The van der Waals surface area contributed by atoms with E-state index in [2.05, 4.69) is 4.98 Å². The lowest BCUT2D eigenvalue weighted by atomic mass is 10.1. The van der Waals surface area contributed by atoms with Gasteiger partial charge in [-0.2, -0.15) is 0 Å². The predicted molar refractivity (Wildman–Crippen MR) is 51.6 cm³/mol. The third-order valence-corrected chi connectivity index (χ3v) is 2.01. The molecular formula is C11H11NO2. The summed E-state index contributed by atoms with van der Waals surface area (Å²) in [5.74, 6) is 0.369. The van der Waals surface area contributed by atoms with E-state index < -0.39 is 6.10 Å². The van der Waals surface area contributed by atoms with Crippen molar-refractivity contribution in [3.8, 4) is 0 Å². The first-order chi connectivity index (χ1) is 6.86. The summed E-state index contributed by atoms with van der Waals surface area (Å²) in [4.78, 5) is 3.90. The highest BCUT2D eigenvalue weighted by Gasteiger charge is 2.12. The molecule has 1 unspecified atom stereocenters. The minimum Gasteiger partial charge on any atom is -0.446 e. The highest BCUT2D eigenvalue weighted by atomic mass is 16.4. The Morgan fingerprint density at radius 1 is 1.29 bits per heavy atom. The average Bonchev–Trinajstić information content (AvgIpc) is 2.72. The molecule has 0 aliphatic carbocycles. The lowest BCUT2D eigenvalue weighted by molar-refractivity contribution is 0.144. The van der Waals surface area contributed by atoms with Crippen LogP contribution in [0.4, 0.5) is 0 Å². The number of nitrogens with zero attached hydrogens (tertiary/aromatic N) is 1. The zero-order chi connectivity index (χ0) is 9.80. The van der Waals surface area contributed by atoms with Crippen LogP contribution in [-0.4, -0.2) is 10.1 Å². The van der Waals surface area contributed by atoms with E-state index in [0.29, 0.717) is 12.3 Å². The van der Waals surface area contributed by atoms with Crippen LogP contribution in [0.1, 0.15) is 17.6 Å². The molecule has 2 rings (SSSR count). The van der Waals surface area contributed by atoms with Gasteiger partial charge in [0.1, 0.15) is 12.4 Å². The smallest absolute Gasteiger partial charge is 0.223 e. The Morgan fingerprint density at radius 2 is 2.07 bits per heavy atom. The molecule has 3 nitrogen and oxygen atoms in total. The maximum absolute atomic E-state index is 9.71. The molecule has 1 aromatic heterocycles. The minimum absolute atomic E-state index is 0.369. The normalized spacial score (nSPS) is 12.6. The fourth-order valence-electron chi connectivity index (χ4n) is 1.32. The van der Waals surface area contributed by atoms with Gasteiger partial charge in [0.2, 0.25) is 5.89 Å². The van der Waals surface area contributed by atoms with Gasteiger partial charge in [-0.15, -0.1) is 0 Å². The maximum atomic E-state index is 9.71. The standard InChI is InChI=1S/C11H11NO2/c13-10(11-12-6-7-14-11)8-9-4-2-1-3-5-9/h1-7,10,13H,8H2. The van der Waals surface area contributed by atoms with Crippen LogP contribution in [0, 0.1) is 0 Å². The van der Waals surface area contributed by atoms with E-state index >= 15 is 0 Å². The summed E-state index contributed by atoms with van der Waals surface area (Å²) in [6.07, 6.45) is 2.86. The molecule has 1 N–H and O–H groups in total. The number of hydrogen-bond acceptors (Lipinski definition) is 3. The molecule has 0 bridgehead atoms. The largest absolute Gasteiger partial charge is 0.446 e. The average molecular weight is 189 g/mol. The van der Waals surface area contributed by atoms with Crippen LogP contribution in [0.5, 0.6) is 0 Å². The maximum Gasteiger partial charge on any atom is 0.223 e. The van der Waals surface area contributed by atoms with Crippen molar-refractivity contribution in [2.45, 2.75) is 12.5 Å². The highest BCUT2D eigenvalue weighted by molar-refractivity contribution is 5.16. The molecule has 14 heavy (non-hydrogen) atoms. The van der Waals surface area contributed by atoms with Crippen LogP contribution in [-0.2, 0) is 6.42 Å². The van der Waals surface area contributed by atoms with Crippen molar-refractivity contribution in [1.29, 1.82) is 0 Å². The molecule has 0 aliphatic heterocycles. The summed E-state index contributed by atoms with van der Waals surface area (Å²) in [6.45, 7) is 0. The number of oxazole rings is 1. The van der Waals surface area contributed by atoms with Gasteiger partial charge in [-0.25, -0.2) is 4.98 Å². The molecule has 0 amide bonds. The number of aliphatic hydroxyl groups is 1. The fourth-order valence-corrected chi connectivity index (χ4v) is 1.32. The van der Waals surface area contributed by atoms with Gasteiger partial charge in [0, 0.05) is 6.42 Å². The zero-order valence-corrected chi connectivity index (χ0v) is 7.63. The van der Waals surface area contributed by atoms with Crippen LogP contribution in [0.15, 0.2) is 47.2 Å². The molecule has 2 aromatic rings. The summed E-state index contributed by atoms with van der Waals surface area (Å²) < 4.78 is 5.01. The van der Waals surface area contributed by atoms with Gasteiger partial charge in [-0.05, 0) is 5.56 Å². The summed E-state index contributed by atoms with van der Waals surface area (Å²) in [7, 11) is 0. The first-order valence-corrected chi connectivity index (χ1v) is 4.47. The first kappa shape index (κ1) is 8.97. The molecule has 1 heterocycles. The van der Waals surface area contributed by atoms with E-state index in [0.717, 1.165) is 5.56 Å². The van der Waals surface area contributed by atoms with Crippen LogP contribution in [0.3, 0.4) is 0 Å². The van der Waals surface area contributed by atoms with E-state index in [9.17, 15) is 5.11 Å². The van der Waals surface area contributed by atoms with E-state index in [4.69, 9.17) is 4.42 Å². The summed E-state index contributed by atoms with van der Waals surface area (Å²) >= 11 is 0. The molecule has 1 aromatic carbocycles. The summed E-state index contributed by atoms with van der Waals surface area (Å²) in [6, 6.07) is 9.76. The highest BCUT2D eigenvalue weighted by Crippen LogP contribution is 2.15. The van der Waals surface area contributed by atoms with Crippen molar-refractivity contribution < 1.29 is 9.52 Å². The number of benzene rings is 1. The molecule has 0 fully saturated rings. The van der Waals surface area contributed by atoms with Gasteiger partial charge in [0.05, 0.1) is 6.20 Å². The molecule has 3 heteroatoms. The third-order valence-electron chi connectivity index (χ3n) is 2.01. The number of aliphatic hydroxyl groups excluding tert-OH is 1. The van der Waals surface area contributed by atoms with Crippen molar-refractivity contribution in [2.75, 3.05) is 0 Å². The van der Waals surface area contributed by atoms with Crippen LogP contribution < -0.4 is 0 Å². The van der Waals surface area contributed by atoms with Gasteiger partial charge in [-0.1, -0.05) is 30.3 Å². The quantitative estimate of drug-likeness (QED) is 0.802. The molecule has 0 saturated carbocycles. The second-order valence-corrected chi connectivity index (χ2v) is 3.08. The SMILES string of the molecule is OC(Cc1ccccc1)c1ncco1. The Labute approximate surface area is 82.0 Å². The zero-order valence-electron chi connectivity index (χ0n) is 7.63. The molecule has 72 valence electrons. The van der Waals surface area contributed by atoms with Crippen LogP contribution in [0.25, 0.3) is 0 Å². The van der Waals surface area contributed by atoms with Gasteiger partial charge in [0.15, 0.2) is 0 Å². The summed E-state index contributed by atoms with van der Waals surface area (Å²) in [5.41, 5.74) is 1.07. The van der Waals surface area contributed by atoms with Gasteiger partial charge < -0.3 is 9.52 Å². The van der Waals surface area contributed by atoms with E-state index in [1.165, 1.54) is 12.5 Å². The molecule has 0 aliphatic rings. The lowest BCUT2D eigenvalue weighted by Gasteiger charge is -2.05. The van der Waals surface area contributed by atoms with Crippen molar-refractivity contribution in [3.05, 3.63) is 54.2 Å². The van der Waals surface area contributed by atoms with Gasteiger partial charge in [-0.3, -0.25) is 0 Å². The Morgan fingerprint density at radius 3 is 2.71 bits per heavy atom. The lowest BCUT2D eigenvalue weighted by Crippen LogP contribution is -2.01. The monoisotopic (exact) mass is 189 g/mol. The second-order valence-electron chi connectivity index (χ2n) is 3.08. The van der Waals surface area contributed by atoms with Crippen molar-refractivity contribution in [3.63, 3.8) is 0 Å². The van der Waals surface area contributed by atoms with E-state index in [1.807, 2.05) is 30.3 Å². The number of aromatic nitrogens is 1. The van der Waals surface area contributed by atoms with Crippen LogP contribution >= 0.6 is 0 Å². The topological polar surface area (TPSA) is 46.3 Å². The Balaban J connectivity index is 2.06. The van der Waals surface area contributed by atoms with Crippen LogP contribution in [0.2, 0.25) is 0 Å². The van der Waals surface area contributed by atoms with E-state index in [-0.39, 0.29) is 0 Å².